The molecule has 4 aromatic carbocycles. The molecule has 178 valence electrons. The number of aryl methyl sites for hydroxylation is 1. The number of fused-ring (bicyclic) bond motifs is 1. The quantitative estimate of drug-likeness (QED) is 0.276. The lowest BCUT2D eigenvalue weighted by molar-refractivity contribution is 0.179. The van der Waals surface area contributed by atoms with Crippen LogP contribution in [-0.2, 0) is 12.0 Å². The molecule has 0 saturated heterocycles. The first-order valence-electron chi connectivity index (χ1n) is 12.7. The largest absolute Gasteiger partial charge is 0.388 e. The number of aliphatic hydroxyl groups is 1. The van der Waals surface area contributed by atoms with E-state index in [1.807, 2.05) is 6.33 Å². The van der Waals surface area contributed by atoms with Crippen LogP contribution in [0.2, 0.25) is 0 Å². The topological polar surface area (TPSA) is 38.0 Å². The van der Waals surface area contributed by atoms with Gasteiger partial charge in [-0.2, -0.15) is 0 Å². The fourth-order valence-electron chi connectivity index (χ4n) is 5.96. The molecule has 1 N–H and O–H groups in total. The Morgan fingerprint density at radius 2 is 1.33 bits per heavy atom. The Bertz CT molecular complexity index is 1360. The Morgan fingerprint density at radius 1 is 0.778 bits per heavy atom. The Hall–Kier alpha value is -3.95. The van der Waals surface area contributed by atoms with Gasteiger partial charge in [0.15, 0.2) is 0 Å². The first-order valence-corrected chi connectivity index (χ1v) is 12.7. The van der Waals surface area contributed by atoms with Crippen LogP contribution in [0.25, 0.3) is 0 Å². The summed E-state index contributed by atoms with van der Waals surface area (Å²) in [6.07, 6.45) is 5.51. The molecule has 36 heavy (non-hydrogen) atoms. The lowest BCUT2D eigenvalue weighted by Gasteiger charge is -2.37. The van der Waals surface area contributed by atoms with Gasteiger partial charge in [0.25, 0.3) is 0 Å². The lowest BCUT2D eigenvalue weighted by Crippen LogP contribution is -2.37. The number of aromatic nitrogens is 2. The molecule has 0 spiro atoms. The second-order valence-electron chi connectivity index (χ2n) is 9.71. The van der Waals surface area contributed by atoms with E-state index in [4.69, 9.17) is 4.98 Å². The Labute approximate surface area is 212 Å². The van der Waals surface area contributed by atoms with Crippen molar-refractivity contribution >= 4 is 0 Å². The van der Waals surface area contributed by atoms with Gasteiger partial charge in [-0.1, -0.05) is 116 Å². The zero-order valence-electron chi connectivity index (χ0n) is 20.5. The van der Waals surface area contributed by atoms with Crippen LogP contribution in [0.1, 0.15) is 64.4 Å². The number of hydrogen-bond donors (Lipinski definition) is 1. The van der Waals surface area contributed by atoms with E-state index in [1.54, 1.807) is 0 Å². The number of nitrogens with zero attached hydrogens (tertiary/aromatic N) is 2. The van der Waals surface area contributed by atoms with Crippen molar-refractivity contribution < 1.29 is 5.11 Å². The first kappa shape index (κ1) is 22.5. The number of hydrogen-bond acceptors (Lipinski definition) is 2. The van der Waals surface area contributed by atoms with Crippen molar-refractivity contribution in [2.75, 3.05) is 0 Å². The highest BCUT2D eigenvalue weighted by Gasteiger charge is 2.38. The molecule has 0 aliphatic heterocycles. The summed E-state index contributed by atoms with van der Waals surface area (Å²) in [4.78, 5) is 4.97. The smallest absolute Gasteiger partial charge is 0.121 e. The molecule has 0 radical (unpaired) electrons. The minimum absolute atomic E-state index is 0.0639. The van der Waals surface area contributed by atoms with Crippen LogP contribution in [0.4, 0.5) is 0 Å². The molecule has 3 nitrogen and oxygen atoms in total. The van der Waals surface area contributed by atoms with E-state index in [0.717, 1.165) is 24.1 Å². The molecule has 3 heteroatoms. The molecule has 0 amide bonds. The van der Waals surface area contributed by atoms with Gasteiger partial charge in [0.2, 0.25) is 0 Å². The predicted octanol–water partition coefficient (Wildman–Crippen LogP) is 6.85. The predicted molar refractivity (Wildman–Crippen MR) is 144 cm³/mol. The van der Waals surface area contributed by atoms with Crippen molar-refractivity contribution in [3.63, 3.8) is 0 Å². The molecule has 1 aliphatic rings. The third-order valence-corrected chi connectivity index (χ3v) is 7.73. The van der Waals surface area contributed by atoms with E-state index in [2.05, 4.69) is 127 Å². The molecule has 6 rings (SSSR count). The molecule has 5 aromatic rings. The zero-order valence-corrected chi connectivity index (χ0v) is 20.5. The highest BCUT2D eigenvalue weighted by atomic mass is 16.3. The number of aliphatic hydroxyl groups excluding tert-OH is 1. The van der Waals surface area contributed by atoms with Gasteiger partial charge in [0.1, 0.15) is 5.54 Å². The van der Waals surface area contributed by atoms with Crippen molar-refractivity contribution in [2.24, 2.45) is 0 Å². The number of benzene rings is 4. The maximum Gasteiger partial charge on any atom is 0.121 e. The summed E-state index contributed by atoms with van der Waals surface area (Å²) in [7, 11) is 0. The zero-order chi connectivity index (χ0) is 24.5. The SMILES string of the molecule is CC(c1cn(C(c2ccccc2)(c2ccccc2)c2ccccc2)cn1)c1cccc2c1C(O)CC2. The van der Waals surface area contributed by atoms with E-state index < -0.39 is 11.6 Å². The summed E-state index contributed by atoms with van der Waals surface area (Å²) < 4.78 is 2.26. The third-order valence-electron chi connectivity index (χ3n) is 7.73. The van der Waals surface area contributed by atoms with Crippen molar-refractivity contribution in [3.05, 3.63) is 161 Å². The van der Waals surface area contributed by atoms with Crippen molar-refractivity contribution in [1.29, 1.82) is 0 Å². The van der Waals surface area contributed by atoms with E-state index in [0.29, 0.717) is 0 Å². The summed E-state index contributed by atoms with van der Waals surface area (Å²) in [6, 6.07) is 38.4. The summed E-state index contributed by atoms with van der Waals surface area (Å²) in [5, 5.41) is 10.7. The minimum atomic E-state index is -0.576. The number of rotatable bonds is 6. The van der Waals surface area contributed by atoms with Gasteiger partial charge >= 0.3 is 0 Å². The molecular formula is C33H30N2O. The second kappa shape index (κ2) is 9.25. The maximum atomic E-state index is 10.7. The average Bonchev–Trinajstić information content (AvgIpc) is 3.58. The minimum Gasteiger partial charge on any atom is -0.388 e. The van der Waals surface area contributed by atoms with Gasteiger partial charge in [-0.3, -0.25) is 0 Å². The van der Waals surface area contributed by atoms with Gasteiger partial charge in [0, 0.05) is 12.1 Å². The first-order chi connectivity index (χ1) is 17.7. The van der Waals surface area contributed by atoms with E-state index >= 15 is 0 Å². The monoisotopic (exact) mass is 470 g/mol. The Balaban J connectivity index is 1.55. The Morgan fingerprint density at radius 3 is 1.89 bits per heavy atom. The maximum absolute atomic E-state index is 10.7. The molecule has 2 atom stereocenters. The normalized spacial score (nSPS) is 16.0. The third kappa shape index (κ3) is 3.59. The standard InChI is InChI=1S/C33H30N2O/c1-24(29-19-11-12-25-20-21-31(36)32(25)29)30-22-35(23-34-30)33(26-13-5-2-6-14-26,27-15-7-3-8-16-27)28-17-9-4-10-18-28/h2-19,22-24,31,36H,20-21H2,1H3. The summed E-state index contributed by atoms with van der Waals surface area (Å²) in [5.74, 6) is 0.0639. The lowest BCUT2D eigenvalue weighted by atomic mass is 9.76. The van der Waals surface area contributed by atoms with Crippen molar-refractivity contribution in [3.8, 4) is 0 Å². The summed E-state index contributed by atoms with van der Waals surface area (Å²) >= 11 is 0. The van der Waals surface area contributed by atoms with E-state index in [1.165, 1.54) is 27.8 Å². The fourth-order valence-corrected chi connectivity index (χ4v) is 5.96. The van der Waals surface area contributed by atoms with Crippen LogP contribution in [0.5, 0.6) is 0 Å². The molecule has 0 bridgehead atoms. The number of imidazole rings is 1. The van der Waals surface area contributed by atoms with Crippen LogP contribution in [0.3, 0.4) is 0 Å². The second-order valence-corrected chi connectivity index (χ2v) is 9.71. The van der Waals surface area contributed by atoms with Crippen LogP contribution >= 0.6 is 0 Å². The van der Waals surface area contributed by atoms with E-state index in [-0.39, 0.29) is 5.92 Å². The van der Waals surface area contributed by atoms with Gasteiger partial charge in [-0.05, 0) is 46.2 Å². The van der Waals surface area contributed by atoms with Crippen LogP contribution < -0.4 is 0 Å². The highest BCUT2D eigenvalue weighted by molar-refractivity contribution is 5.51. The molecule has 0 saturated carbocycles. The summed E-state index contributed by atoms with van der Waals surface area (Å²) in [6.45, 7) is 2.20. The molecular weight excluding hydrogens is 440 g/mol. The molecule has 1 heterocycles. The van der Waals surface area contributed by atoms with Crippen molar-refractivity contribution in [1.82, 2.24) is 9.55 Å². The molecule has 0 fully saturated rings. The van der Waals surface area contributed by atoms with Gasteiger partial charge in [-0.15, -0.1) is 0 Å². The van der Waals surface area contributed by atoms with E-state index in [9.17, 15) is 5.11 Å². The average molecular weight is 471 g/mol. The molecule has 1 aliphatic carbocycles. The molecule has 2 unspecified atom stereocenters. The van der Waals surface area contributed by atoms with Gasteiger partial charge in [-0.25, -0.2) is 4.98 Å². The van der Waals surface area contributed by atoms with Gasteiger partial charge < -0.3 is 9.67 Å². The molecule has 1 aromatic heterocycles. The van der Waals surface area contributed by atoms with Crippen LogP contribution in [-0.4, -0.2) is 14.7 Å². The Kier molecular flexibility index (Phi) is 5.79. The summed E-state index contributed by atoms with van der Waals surface area (Å²) in [5.41, 5.74) is 7.48. The van der Waals surface area contributed by atoms with Gasteiger partial charge in [0.05, 0.1) is 18.1 Å². The van der Waals surface area contributed by atoms with Crippen molar-refractivity contribution in [2.45, 2.75) is 37.3 Å². The highest BCUT2D eigenvalue weighted by Crippen LogP contribution is 2.42. The van der Waals surface area contributed by atoms with Crippen LogP contribution in [0.15, 0.2) is 122 Å². The van der Waals surface area contributed by atoms with Crippen LogP contribution in [0, 0.1) is 0 Å². The fraction of sp³-hybridized carbons (Fsp3) is 0.182.